The van der Waals surface area contributed by atoms with Crippen molar-refractivity contribution in [1.82, 2.24) is 0 Å². The van der Waals surface area contributed by atoms with Crippen molar-refractivity contribution in [2.45, 2.75) is 23.6 Å². The molecule has 0 aliphatic heterocycles. The van der Waals surface area contributed by atoms with E-state index in [0.29, 0.717) is 19.6 Å². The smallest absolute Gasteiger partial charge is 0.341 e. The van der Waals surface area contributed by atoms with Crippen LogP contribution >= 0.6 is 0 Å². The van der Waals surface area contributed by atoms with Crippen LogP contribution in [0.3, 0.4) is 0 Å². The van der Waals surface area contributed by atoms with Gasteiger partial charge in [-0.3, -0.25) is 0 Å². The van der Waals surface area contributed by atoms with Crippen LogP contribution in [-0.4, -0.2) is 27.3 Å². The topological polar surface area (TPSA) is 63.4 Å². The van der Waals surface area contributed by atoms with Gasteiger partial charge < -0.3 is 10.6 Å². The normalized spacial score (nSPS) is 11.7. The lowest BCUT2D eigenvalue weighted by atomic mass is 10.2. The van der Waals surface area contributed by atoms with Crippen molar-refractivity contribution in [3.8, 4) is 0 Å². The van der Waals surface area contributed by atoms with Gasteiger partial charge in [-0.15, -0.1) is 0 Å². The van der Waals surface area contributed by atoms with Gasteiger partial charge in [0, 0.05) is 18.8 Å². The third kappa shape index (κ3) is 4.52. The molecule has 0 unspecified atom stereocenters. The van der Waals surface area contributed by atoms with Crippen LogP contribution in [0.2, 0.25) is 0 Å². The van der Waals surface area contributed by atoms with E-state index < -0.39 is 15.6 Å². The van der Waals surface area contributed by atoms with Gasteiger partial charge in [-0.05, 0) is 42.8 Å². The van der Waals surface area contributed by atoms with Crippen LogP contribution in [-0.2, 0) is 16.4 Å². The molecule has 2 aromatic rings. The molecule has 24 heavy (non-hydrogen) atoms. The second-order valence-electron chi connectivity index (χ2n) is 5.35. The molecule has 0 amide bonds. The maximum atomic E-state index is 12.6. The van der Waals surface area contributed by atoms with E-state index in [4.69, 9.17) is 5.73 Å². The first-order valence-corrected chi connectivity index (χ1v) is 9.11. The summed E-state index contributed by atoms with van der Waals surface area (Å²) in [4.78, 5) is 1.67. The molecule has 0 atom stereocenters. The summed E-state index contributed by atoms with van der Waals surface area (Å²) in [6.45, 7) is 1.84. The summed E-state index contributed by atoms with van der Waals surface area (Å²) >= 11 is 0. The maximum absolute atomic E-state index is 12.6. The molecule has 0 fully saturated rings. The average molecular weight is 354 g/mol. The Morgan fingerprint density at radius 3 is 2.17 bits per heavy atom. The van der Waals surface area contributed by atoms with Gasteiger partial charge >= 0.3 is 5.76 Å². The number of hydrogen-bond acceptors (Lipinski definition) is 4. The fraction of sp³-hybridized carbons (Fsp3) is 0.294. The van der Waals surface area contributed by atoms with Crippen LogP contribution in [0.15, 0.2) is 59.5 Å². The fourth-order valence-corrected chi connectivity index (χ4v) is 3.06. The molecule has 0 radical (unpaired) electrons. The molecule has 2 N–H and O–H groups in total. The van der Waals surface area contributed by atoms with Crippen molar-refractivity contribution in [2.75, 3.05) is 18.0 Å². The van der Waals surface area contributed by atoms with E-state index in [1.807, 2.05) is 35.2 Å². The lowest BCUT2D eigenvalue weighted by Gasteiger charge is -2.25. The third-order valence-corrected chi connectivity index (χ3v) is 5.01. The summed E-state index contributed by atoms with van der Waals surface area (Å²) in [6.07, 6.45) is 0.768. The van der Waals surface area contributed by atoms with Gasteiger partial charge in [0.1, 0.15) is 0 Å². The van der Waals surface area contributed by atoms with Crippen molar-refractivity contribution in [1.29, 1.82) is 0 Å². The summed E-state index contributed by atoms with van der Waals surface area (Å²) < 4.78 is 48.2. The number of nitrogens with two attached hydrogens (primary N) is 1. The van der Waals surface area contributed by atoms with E-state index in [2.05, 4.69) is 0 Å². The summed E-state index contributed by atoms with van der Waals surface area (Å²) in [5.74, 6) is -3.42. The molecule has 2 aromatic carbocycles. The minimum Gasteiger partial charge on any atom is -0.367 e. The molecule has 130 valence electrons. The van der Waals surface area contributed by atoms with Crippen LogP contribution in [0.25, 0.3) is 0 Å². The molecular formula is C17H20F2N2O2S. The Morgan fingerprint density at radius 1 is 1.00 bits per heavy atom. The number of anilines is 1. The number of nitrogens with zero attached hydrogens (tertiary/aromatic N) is 1. The molecule has 0 aromatic heterocycles. The lowest BCUT2D eigenvalue weighted by molar-refractivity contribution is 0.234. The highest BCUT2D eigenvalue weighted by atomic mass is 32.2. The van der Waals surface area contributed by atoms with Crippen molar-refractivity contribution in [3.63, 3.8) is 0 Å². The molecule has 0 aliphatic carbocycles. The van der Waals surface area contributed by atoms with Crippen LogP contribution in [0.5, 0.6) is 0 Å². The zero-order valence-electron chi connectivity index (χ0n) is 13.1. The van der Waals surface area contributed by atoms with E-state index >= 15 is 0 Å². The molecule has 0 saturated heterocycles. The summed E-state index contributed by atoms with van der Waals surface area (Å²) in [6, 6.07) is 15.3. The van der Waals surface area contributed by atoms with Crippen LogP contribution < -0.4 is 10.6 Å². The van der Waals surface area contributed by atoms with Crippen LogP contribution in [0.4, 0.5) is 14.5 Å². The first-order chi connectivity index (χ1) is 11.4. The molecular weight excluding hydrogens is 334 g/mol. The Kier molecular flexibility index (Phi) is 6.28. The lowest BCUT2D eigenvalue weighted by Crippen LogP contribution is -2.25. The number of hydrogen-bond donors (Lipinski definition) is 1. The number of halogens is 2. The molecule has 2 rings (SSSR count). The molecule has 0 spiro atoms. The Balaban J connectivity index is 2.23. The number of sulfone groups is 1. The minimum absolute atomic E-state index is 0.375. The summed E-state index contributed by atoms with van der Waals surface area (Å²) in [7, 11) is -4.57. The third-order valence-electron chi connectivity index (χ3n) is 3.61. The highest BCUT2D eigenvalue weighted by Crippen LogP contribution is 2.23. The predicted molar refractivity (Wildman–Crippen MR) is 90.8 cm³/mol. The summed E-state index contributed by atoms with van der Waals surface area (Å²) in [5, 5.41) is 0. The molecule has 0 aliphatic rings. The van der Waals surface area contributed by atoms with Gasteiger partial charge in [0.25, 0.3) is 0 Å². The zero-order valence-corrected chi connectivity index (χ0v) is 13.9. The van der Waals surface area contributed by atoms with Gasteiger partial charge in [0.15, 0.2) is 0 Å². The Morgan fingerprint density at radius 2 is 1.62 bits per heavy atom. The van der Waals surface area contributed by atoms with Crippen molar-refractivity contribution >= 4 is 15.5 Å². The highest BCUT2D eigenvalue weighted by Gasteiger charge is 2.26. The first kappa shape index (κ1) is 18.4. The van der Waals surface area contributed by atoms with E-state index in [-0.39, 0.29) is 4.90 Å². The Hall–Kier alpha value is -1.99. The Bertz CT molecular complexity index is 735. The standard InChI is InChI=1S/C17H20F2N2O2S/c18-17(19)24(22,23)16-9-7-15(8-10-16)21(12-4-11-20)13-14-5-2-1-3-6-14/h1-3,5-10,17H,4,11-13,20H2. The largest absolute Gasteiger partial charge is 0.367 e. The quantitative estimate of drug-likeness (QED) is 0.791. The fourth-order valence-electron chi connectivity index (χ4n) is 2.33. The molecule has 4 nitrogen and oxygen atoms in total. The van der Waals surface area contributed by atoms with E-state index in [1.165, 1.54) is 12.1 Å². The highest BCUT2D eigenvalue weighted by molar-refractivity contribution is 7.91. The van der Waals surface area contributed by atoms with Gasteiger partial charge in [0.05, 0.1) is 4.90 Å². The van der Waals surface area contributed by atoms with E-state index in [9.17, 15) is 17.2 Å². The van der Waals surface area contributed by atoms with Crippen molar-refractivity contribution in [3.05, 3.63) is 60.2 Å². The van der Waals surface area contributed by atoms with E-state index in [0.717, 1.165) is 17.7 Å². The first-order valence-electron chi connectivity index (χ1n) is 7.56. The summed E-state index contributed by atoms with van der Waals surface area (Å²) in [5.41, 5.74) is 7.43. The zero-order chi connectivity index (χ0) is 17.6. The molecule has 0 saturated carbocycles. The van der Waals surface area contributed by atoms with Crippen LogP contribution in [0, 0.1) is 0 Å². The van der Waals surface area contributed by atoms with Gasteiger partial charge in [0.2, 0.25) is 9.84 Å². The monoisotopic (exact) mass is 354 g/mol. The predicted octanol–water partition coefficient (Wildman–Crippen LogP) is 3.04. The maximum Gasteiger partial charge on any atom is 0.341 e. The SMILES string of the molecule is NCCCN(Cc1ccccc1)c1ccc(S(=O)(=O)C(F)F)cc1. The van der Waals surface area contributed by atoms with Crippen molar-refractivity contribution in [2.24, 2.45) is 5.73 Å². The Labute approximate surface area is 140 Å². The van der Waals surface area contributed by atoms with Gasteiger partial charge in [-0.25, -0.2) is 8.42 Å². The minimum atomic E-state index is -4.57. The second-order valence-corrected chi connectivity index (χ2v) is 7.27. The average Bonchev–Trinajstić information content (AvgIpc) is 2.59. The van der Waals surface area contributed by atoms with Gasteiger partial charge in [-0.2, -0.15) is 8.78 Å². The van der Waals surface area contributed by atoms with Crippen molar-refractivity contribution < 1.29 is 17.2 Å². The molecule has 0 heterocycles. The molecule has 7 heteroatoms. The van der Waals surface area contributed by atoms with Crippen LogP contribution in [0.1, 0.15) is 12.0 Å². The van der Waals surface area contributed by atoms with Gasteiger partial charge in [-0.1, -0.05) is 30.3 Å². The number of benzene rings is 2. The number of rotatable bonds is 8. The second kappa shape index (κ2) is 8.21. The molecule has 0 bridgehead atoms. The number of alkyl halides is 2. The van der Waals surface area contributed by atoms with E-state index in [1.54, 1.807) is 12.1 Å².